The van der Waals surface area contributed by atoms with Gasteiger partial charge in [0.05, 0.1) is 0 Å². The van der Waals surface area contributed by atoms with Crippen molar-refractivity contribution in [1.29, 1.82) is 0 Å². The molecular formula is C7H4BrN3O2. The topological polar surface area (TPSA) is 60.4 Å². The first-order chi connectivity index (χ1) is 6.20. The number of hydrogen-bond acceptors (Lipinski definition) is 3. The lowest BCUT2D eigenvalue weighted by molar-refractivity contribution is -0.387. The van der Waals surface area contributed by atoms with E-state index < -0.39 is 4.92 Å². The monoisotopic (exact) mass is 241 g/mol. The molecule has 2 aromatic heterocycles. The molecule has 0 saturated carbocycles. The van der Waals surface area contributed by atoms with Crippen molar-refractivity contribution in [2.75, 3.05) is 0 Å². The zero-order valence-corrected chi connectivity index (χ0v) is 7.93. The van der Waals surface area contributed by atoms with Crippen LogP contribution in [0, 0.1) is 10.1 Å². The van der Waals surface area contributed by atoms with Gasteiger partial charge in [-0.15, -0.1) is 0 Å². The fourth-order valence-corrected chi connectivity index (χ4v) is 1.60. The van der Waals surface area contributed by atoms with Crippen molar-refractivity contribution in [3.05, 3.63) is 39.2 Å². The van der Waals surface area contributed by atoms with Gasteiger partial charge in [0, 0.05) is 22.1 Å². The van der Waals surface area contributed by atoms with Crippen LogP contribution >= 0.6 is 15.9 Å². The van der Waals surface area contributed by atoms with Gasteiger partial charge in [0.25, 0.3) is 4.73 Å². The van der Waals surface area contributed by atoms with Crippen LogP contribution in [0.1, 0.15) is 0 Å². The van der Waals surface area contributed by atoms with E-state index in [1.807, 2.05) is 0 Å². The lowest BCUT2D eigenvalue weighted by atomic mass is 10.4. The number of aromatic nitrogens is 2. The maximum Gasteiger partial charge on any atom is 0.390 e. The molecule has 2 heterocycles. The molecular weight excluding hydrogens is 238 g/mol. The average Bonchev–Trinajstić information content (AvgIpc) is 2.45. The molecule has 0 spiro atoms. The Bertz CT molecular complexity index is 480. The summed E-state index contributed by atoms with van der Waals surface area (Å²) in [5.74, 6) is -0.132. The van der Waals surface area contributed by atoms with Gasteiger partial charge in [0.1, 0.15) is 5.52 Å². The summed E-state index contributed by atoms with van der Waals surface area (Å²) in [6, 6.07) is 5.16. The average molecular weight is 242 g/mol. The summed E-state index contributed by atoms with van der Waals surface area (Å²) in [6.07, 6.45) is 1.71. The Kier molecular flexibility index (Phi) is 1.77. The zero-order valence-electron chi connectivity index (χ0n) is 6.35. The smallest absolute Gasteiger partial charge is 0.358 e. The molecule has 0 aromatic carbocycles. The van der Waals surface area contributed by atoms with Gasteiger partial charge in [-0.1, -0.05) is 6.07 Å². The summed E-state index contributed by atoms with van der Waals surface area (Å²) in [4.78, 5) is 13.8. The Morgan fingerprint density at radius 2 is 2.31 bits per heavy atom. The fourth-order valence-electron chi connectivity index (χ4n) is 1.12. The minimum Gasteiger partial charge on any atom is -0.358 e. The first kappa shape index (κ1) is 8.18. The number of imidazole rings is 1. The van der Waals surface area contributed by atoms with E-state index in [4.69, 9.17) is 0 Å². The molecule has 66 valence electrons. The van der Waals surface area contributed by atoms with Crippen LogP contribution in [0.5, 0.6) is 0 Å². The predicted octanol–water partition coefficient (Wildman–Crippen LogP) is 2.00. The highest BCUT2D eigenvalue weighted by Gasteiger charge is 2.19. The van der Waals surface area contributed by atoms with E-state index in [9.17, 15) is 10.1 Å². The van der Waals surface area contributed by atoms with Gasteiger partial charge < -0.3 is 10.1 Å². The molecule has 2 rings (SSSR count). The van der Waals surface area contributed by atoms with Crippen molar-refractivity contribution in [1.82, 2.24) is 9.38 Å². The molecule has 5 nitrogen and oxygen atoms in total. The van der Waals surface area contributed by atoms with Gasteiger partial charge in [-0.2, -0.15) is 0 Å². The van der Waals surface area contributed by atoms with Gasteiger partial charge in [-0.05, 0) is 22.0 Å². The quantitative estimate of drug-likeness (QED) is 0.567. The van der Waals surface area contributed by atoms with E-state index in [0.29, 0.717) is 10.3 Å². The second kappa shape index (κ2) is 2.81. The Hall–Kier alpha value is -1.43. The molecule has 6 heteroatoms. The summed E-state index contributed by atoms with van der Waals surface area (Å²) in [7, 11) is 0. The summed E-state index contributed by atoms with van der Waals surface area (Å²) < 4.78 is 2.05. The molecule has 0 fully saturated rings. The molecule has 0 aliphatic carbocycles. The van der Waals surface area contributed by atoms with E-state index in [2.05, 4.69) is 20.9 Å². The van der Waals surface area contributed by atoms with Crippen molar-refractivity contribution in [3.8, 4) is 0 Å². The normalized spacial score (nSPS) is 10.5. The van der Waals surface area contributed by atoms with Gasteiger partial charge >= 0.3 is 5.82 Å². The van der Waals surface area contributed by atoms with Crippen LogP contribution in [0.2, 0.25) is 0 Å². The van der Waals surface area contributed by atoms with Crippen LogP contribution in [0.15, 0.2) is 29.1 Å². The lowest BCUT2D eigenvalue weighted by Gasteiger charge is -1.90. The number of hydrogen-bond donors (Lipinski definition) is 0. The summed E-state index contributed by atoms with van der Waals surface area (Å²) in [6.45, 7) is 0. The molecule has 2 aromatic rings. The second-order valence-electron chi connectivity index (χ2n) is 2.42. The van der Waals surface area contributed by atoms with Crippen LogP contribution < -0.4 is 0 Å². The Balaban J connectivity index is 2.85. The van der Waals surface area contributed by atoms with Gasteiger partial charge in [0.15, 0.2) is 0 Å². The van der Waals surface area contributed by atoms with Crippen LogP contribution in [0.3, 0.4) is 0 Å². The third kappa shape index (κ3) is 1.19. The molecule has 0 aliphatic heterocycles. The fraction of sp³-hybridized carbons (Fsp3) is 0. The van der Waals surface area contributed by atoms with Crippen molar-refractivity contribution >= 4 is 27.3 Å². The van der Waals surface area contributed by atoms with E-state index in [1.54, 1.807) is 28.8 Å². The van der Waals surface area contributed by atoms with Crippen molar-refractivity contribution in [2.24, 2.45) is 0 Å². The van der Waals surface area contributed by atoms with Crippen LogP contribution in [-0.2, 0) is 0 Å². The number of fused-ring (bicyclic) bond motifs is 1. The molecule has 0 aliphatic rings. The third-order valence-electron chi connectivity index (χ3n) is 1.66. The first-order valence-corrected chi connectivity index (χ1v) is 4.26. The Morgan fingerprint density at radius 3 is 3.00 bits per heavy atom. The largest absolute Gasteiger partial charge is 0.390 e. The first-order valence-electron chi connectivity index (χ1n) is 3.47. The molecule has 0 bridgehead atoms. The van der Waals surface area contributed by atoms with Gasteiger partial charge in [0.2, 0.25) is 0 Å². The molecule has 0 atom stereocenters. The number of nitrogens with zero attached hydrogens (tertiary/aromatic N) is 3. The lowest BCUT2D eigenvalue weighted by Crippen LogP contribution is -1.88. The predicted molar refractivity (Wildman–Crippen MR) is 49.5 cm³/mol. The van der Waals surface area contributed by atoms with Crippen molar-refractivity contribution in [2.45, 2.75) is 0 Å². The Morgan fingerprint density at radius 1 is 1.54 bits per heavy atom. The minimum absolute atomic E-state index is 0.132. The van der Waals surface area contributed by atoms with Crippen LogP contribution in [0.25, 0.3) is 5.52 Å². The standard InChI is InChI=1S/C7H4BrN3O2/c8-7-9-6(11(12)13)5-3-1-2-4-10(5)7/h1-4H. The molecule has 0 amide bonds. The highest BCUT2D eigenvalue weighted by Crippen LogP contribution is 2.22. The number of pyridine rings is 1. The molecule has 0 radical (unpaired) electrons. The number of rotatable bonds is 1. The molecule has 13 heavy (non-hydrogen) atoms. The highest BCUT2D eigenvalue weighted by atomic mass is 79.9. The van der Waals surface area contributed by atoms with Crippen LogP contribution in [-0.4, -0.2) is 14.3 Å². The second-order valence-corrected chi connectivity index (χ2v) is 3.13. The molecule has 0 N–H and O–H groups in total. The third-order valence-corrected chi connectivity index (χ3v) is 2.22. The van der Waals surface area contributed by atoms with Gasteiger partial charge in [-0.3, -0.25) is 4.40 Å². The maximum atomic E-state index is 10.5. The Labute approximate surface area is 81.3 Å². The van der Waals surface area contributed by atoms with E-state index in [0.717, 1.165) is 0 Å². The minimum atomic E-state index is -0.500. The summed E-state index contributed by atoms with van der Waals surface area (Å²) >= 11 is 3.13. The zero-order chi connectivity index (χ0) is 9.42. The highest BCUT2D eigenvalue weighted by molar-refractivity contribution is 9.10. The van der Waals surface area contributed by atoms with E-state index in [-0.39, 0.29) is 5.82 Å². The summed E-state index contributed by atoms with van der Waals surface area (Å²) in [5.41, 5.74) is 0.486. The van der Waals surface area contributed by atoms with Crippen LogP contribution in [0.4, 0.5) is 5.82 Å². The van der Waals surface area contributed by atoms with Crippen molar-refractivity contribution < 1.29 is 4.92 Å². The summed E-state index contributed by atoms with van der Waals surface area (Å²) in [5, 5.41) is 10.5. The van der Waals surface area contributed by atoms with Gasteiger partial charge in [-0.25, -0.2) is 0 Å². The SMILES string of the molecule is O=[N+]([O-])c1nc(Br)n2ccccc12. The number of halogens is 1. The van der Waals surface area contributed by atoms with E-state index >= 15 is 0 Å². The maximum absolute atomic E-state index is 10.5. The van der Waals surface area contributed by atoms with E-state index in [1.165, 1.54) is 0 Å². The number of nitro groups is 1. The van der Waals surface area contributed by atoms with Crippen molar-refractivity contribution in [3.63, 3.8) is 0 Å². The molecule has 0 saturated heterocycles. The molecule has 0 unspecified atom stereocenters.